The highest BCUT2D eigenvalue weighted by atomic mass is 16.4. The number of anilines is 1. The molecular formula is C14H17N3O2. The third-order valence-corrected chi connectivity index (χ3v) is 2.92. The maximum atomic E-state index is 11.1. The molecule has 5 nitrogen and oxygen atoms in total. The minimum atomic E-state index is -0.960. The fourth-order valence-electron chi connectivity index (χ4n) is 1.90. The first-order chi connectivity index (χ1) is 9.22. The second-order valence-electron chi connectivity index (χ2n) is 4.37. The van der Waals surface area contributed by atoms with E-state index in [1.54, 1.807) is 24.4 Å². The first kappa shape index (κ1) is 13.3. The highest BCUT2D eigenvalue weighted by molar-refractivity contribution is 6.02. The lowest BCUT2D eigenvalue weighted by Crippen LogP contribution is -2.06. The van der Waals surface area contributed by atoms with Gasteiger partial charge in [-0.25, -0.2) is 14.8 Å². The Labute approximate surface area is 111 Å². The van der Waals surface area contributed by atoms with Gasteiger partial charge in [0.1, 0.15) is 0 Å². The second-order valence-corrected chi connectivity index (χ2v) is 4.37. The number of nitrogens with one attached hydrogen (secondary N) is 1. The summed E-state index contributed by atoms with van der Waals surface area (Å²) in [6.07, 6.45) is 4.98. The minimum absolute atomic E-state index is 0.232. The van der Waals surface area contributed by atoms with Crippen molar-refractivity contribution in [1.29, 1.82) is 0 Å². The number of aromatic nitrogens is 2. The van der Waals surface area contributed by atoms with Gasteiger partial charge >= 0.3 is 5.97 Å². The van der Waals surface area contributed by atoms with Gasteiger partial charge in [-0.05, 0) is 18.6 Å². The molecule has 1 aromatic carbocycles. The van der Waals surface area contributed by atoms with Gasteiger partial charge in [0.25, 0.3) is 0 Å². The number of hydrogen-bond acceptors (Lipinski definition) is 4. The average molecular weight is 259 g/mol. The highest BCUT2D eigenvalue weighted by Crippen LogP contribution is 2.17. The number of carboxylic acid groups (broad SMARTS) is 1. The molecule has 2 rings (SSSR count). The molecule has 0 bridgehead atoms. The monoisotopic (exact) mass is 259 g/mol. The van der Waals surface area contributed by atoms with Crippen molar-refractivity contribution < 1.29 is 9.90 Å². The largest absolute Gasteiger partial charge is 0.478 e. The summed E-state index contributed by atoms with van der Waals surface area (Å²) in [5.74, 6) is -0.413. The van der Waals surface area contributed by atoms with Gasteiger partial charge < -0.3 is 10.4 Å². The minimum Gasteiger partial charge on any atom is -0.478 e. The number of carbonyl (C=O) groups is 1. The maximum absolute atomic E-state index is 11.1. The van der Waals surface area contributed by atoms with Crippen LogP contribution in [0.3, 0.4) is 0 Å². The standard InChI is InChI=1S/C14H17N3O2/c1-2-3-4-8-15-14-16-9-11-10(13(18)19)6-5-7-12(11)17-14/h5-7,9H,2-4,8H2,1H3,(H,18,19)(H,15,16,17). The van der Waals surface area contributed by atoms with Gasteiger partial charge in [0.2, 0.25) is 5.95 Å². The van der Waals surface area contributed by atoms with Crippen LogP contribution in [0.1, 0.15) is 36.5 Å². The molecule has 100 valence electrons. The van der Waals surface area contributed by atoms with Crippen LogP contribution in [0.15, 0.2) is 24.4 Å². The molecule has 2 N–H and O–H groups in total. The Balaban J connectivity index is 2.19. The summed E-state index contributed by atoms with van der Waals surface area (Å²) in [7, 11) is 0. The van der Waals surface area contributed by atoms with Gasteiger partial charge in [-0.15, -0.1) is 0 Å². The van der Waals surface area contributed by atoms with Gasteiger partial charge in [0.05, 0.1) is 11.1 Å². The Kier molecular flexibility index (Phi) is 4.28. The molecule has 0 atom stereocenters. The van der Waals surface area contributed by atoms with Crippen molar-refractivity contribution >= 4 is 22.8 Å². The highest BCUT2D eigenvalue weighted by Gasteiger charge is 2.09. The Morgan fingerprint density at radius 2 is 2.21 bits per heavy atom. The Bertz CT molecular complexity index is 584. The maximum Gasteiger partial charge on any atom is 0.336 e. The van der Waals surface area contributed by atoms with E-state index in [1.165, 1.54) is 12.8 Å². The number of unbranched alkanes of at least 4 members (excludes halogenated alkanes) is 2. The van der Waals surface area contributed by atoms with E-state index in [1.807, 2.05) is 0 Å². The normalized spacial score (nSPS) is 10.6. The molecule has 19 heavy (non-hydrogen) atoms. The Morgan fingerprint density at radius 1 is 1.37 bits per heavy atom. The van der Waals surface area contributed by atoms with E-state index in [0.717, 1.165) is 13.0 Å². The van der Waals surface area contributed by atoms with Crippen molar-refractivity contribution in [2.45, 2.75) is 26.2 Å². The fraction of sp³-hybridized carbons (Fsp3) is 0.357. The SMILES string of the molecule is CCCCCNc1ncc2c(C(=O)O)cccc2n1. The molecule has 0 saturated heterocycles. The topological polar surface area (TPSA) is 75.1 Å². The van der Waals surface area contributed by atoms with E-state index in [0.29, 0.717) is 16.9 Å². The molecule has 5 heteroatoms. The molecule has 0 aliphatic carbocycles. The zero-order chi connectivity index (χ0) is 13.7. The number of carboxylic acids is 1. The van der Waals surface area contributed by atoms with Crippen molar-refractivity contribution in [3.8, 4) is 0 Å². The van der Waals surface area contributed by atoms with E-state index in [2.05, 4.69) is 22.2 Å². The third kappa shape index (κ3) is 3.19. The molecule has 0 aliphatic heterocycles. The van der Waals surface area contributed by atoms with Crippen molar-refractivity contribution in [2.24, 2.45) is 0 Å². The van der Waals surface area contributed by atoms with Gasteiger partial charge in [-0.2, -0.15) is 0 Å². The molecule has 0 radical (unpaired) electrons. The first-order valence-corrected chi connectivity index (χ1v) is 6.45. The number of benzene rings is 1. The molecule has 0 aliphatic rings. The number of fused-ring (bicyclic) bond motifs is 1. The summed E-state index contributed by atoms with van der Waals surface area (Å²) in [6.45, 7) is 2.98. The Hall–Kier alpha value is -2.17. The lowest BCUT2D eigenvalue weighted by molar-refractivity contribution is 0.0699. The summed E-state index contributed by atoms with van der Waals surface area (Å²) in [5.41, 5.74) is 0.878. The first-order valence-electron chi connectivity index (χ1n) is 6.45. The molecule has 0 amide bonds. The van der Waals surface area contributed by atoms with E-state index in [4.69, 9.17) is 5.11 Å². The summed E-state index contributed by atoms with van der Waals surface area (Å²) >= 11 is 0. The molecule has 0 fully saturated rings. The van der Waals surface area contributed by atoms with Crippen LogP contribution in [0.2, 0.25) is 0 Å². The predicted molar refractivity (Wildman–Crippen MR) is 74.5 cm³/mol. The quantitative estimate of drug-likeness (QED) is 0.780. The van der Waals surface area contributed by atoms with Crippen molar-refractivity contribution in [2.75, 3.05) is 11.9 Å². The summed E-state index contributed by atoms with van der Waals surface area (Å²) < 4.78 is 0. The zero-order valence-electron chi connectivity index (χ0n) is 10.9. The molecular weight excluding hydrogens is 242 g/mol. The smallest absolute Gasteiger partial charge is 0.336 e. The van der Waals surface area contributed by atoms with Crippen LogP contribution >= 0.6 is 0 Å². The number of hydrogen-bond donors (Lipinski definition) is 2. The molecule has 0 spiro atoms. The molecule has 2 aromatic rings. The van der Waals surface area contributed by atoms with Crippen LogP contribution in [-0.4, -0.2) is 27.6 Å². The molecule has 1 heterocycles. The van der Waals surface area contributed by atoms with Crippen molar-refractivity contribution in [3.05, 3.63) is 30.0 Å². The fourth-order valence-corrected chi connectivity index (χ4v) is 1.90. The number of rotatable bonds is 6. The average Bonchev–Trinajstić information content (AvgIpc) is 2.42. The van der Waals surface area contributed by atoms with Gasteiger partial charge in [0.15, 0.2) is 0 Å². The number of aromatic carboxylic acids is 1. The molecule has 0 saturated carbocycles. The van der Waals surface area contributed by atoms with E-state index in [-0.39, 0.29) is 5.56 Å². The number of nitrogens with zero attached hydrogens (tertiary/aromatic N) is 2. The van der Waals surface area contributed by atoms with E-state index >= 15 is 0 Å². The molecule has 1 aromatic heterocycles. The van der Waals surface area contributed by atoms with Crippen LogP contribution in [0.25, 0.3) is 10.9 Å². The van der Waals surface area contributed by atoms with E-state index < -0.39 is 5.97 Å². The lowest BCUT2D eigenvalue weighted by atomic mass is 10.1. The summed E-state index contributed by atoms with van der Waals surface area (Å²) in [6, 6.07) is 5.04. The summed E-state index contributed by atoms with van der Waals surface area (Å²) in [4.78, 5) is 19.6. The Morgan fingerprint density at radius 3 is 2.95 bits per heavy atom. The van der Waals surface area contributed by atoms with Crippen molar-refractivity contribution in [1.82, 2.24) is 9.97 Å². The van der Waals surface area contributed by atoms with Crippen LogP contribution in [-0.2, 0) is 0 Å². The van der Waals surface area contributed by atoms with Crippen molar-refractivity contribution in [3.63, 3.8) is 0 Å². The summed E-state index contributed by atoms with van der Waals surface area (Å²) in [5, 5.41) is 12.8. The zero-order valence-corrected chi connectivity index (χ0v) is 10.9. The van der Waals surface area contributed by atoms with Crippen LogP contribution in [0, 0.1) is 0 Å². The molecule has 0 unspecified atom stereocenters. The van der Waals surface area contributed by atoms with Crippen LogP contribution in [0.5, 0.6) is 0 Å². The van der Waals surface area contributed by atoms with Gasteiger partial charge in [-0.3, -0.25) is 0 Å². The van der Waals surface area contributed by atoms with E-state index in [9.17, 15) is 4.79 Å². The second kappa shape index (κ2) is 6.13. The van der Waals surface area contributed by atoms with Crippen LogP contribution in [0.4, 0.5) is 5.95 Å². The van der Waals surface area contributed by atoms with Crippen LogP contribution < -0.4 is 5.32 Å². The third-order valence-electron chi connectivity index (χ3n) is 2.92. The van der Waals surface area contributed by atoms with Gasteiger partial charge in [-0.1, -0.05) is 25.8 Å². The van der Waals surface area contributed by atoms with Gasteiger partial charge in [0, 0.05) is 18.1 Å². The predicted octanol–water partition coefficient (Wildman–Crippen LogP) is 2.93. The lowest BCUT2D eigenvalue weighted by Gasteiger charge is -2.06.